The Kier molecular flexibility index (Phi) is 6.34. The number of para-hydroxylation sites is 2. The van der Waals surface area contributed by atoms with E-state index in [2.05, 4.69) is 16.3 Å². The molecule has 0 aromatic heterocycles. The highest BCUT2D eigenvalue weighted by molar-refractivity contribution is 8.00. The van der Waals surface area contributed by atoms with Gasteiger partial charge in [0.05, 0.1) is 21.5 Å². The number of nitro benzene ring substituents is 1. The molecule has 1 aliphatic heterocycles. The van der Waals surface area contributed by atoms with E-state index in [1.54, 1.807) is 12.1 Å². The first-order valence-corrected chi connectivity index (χ1v) is 9.98. The van der Waals surface area contributed by atoms with Gasteiger partial charge in [-0.15, -0.1) is 11.8 Å². The summed E-state index contributed by atoms with van der Waals surface area (Å²) in [6.45, 7) is 3.87. The minimum atomic E-state index is -0.428. The van der Waals surface area contributed by atoms with Crippen molar-refractivity contribution in [3.05, 3.63) is 58.6 Å². The van der Waals surface area contributed by atoms with Crippen molar-refractivity contribution in [2.75, 3.05) is 23.3 Å². The number of anilines is 2. The van der Waals surface area contributed by atoms with E-state index in [-0.39, 0.29) is 16.8 Å². The third-order valence-corrected chi connectivity index (χ3v) is 5.70. The van der Waals surface area contributed by atoms with E-state index >= 15 is 0 Å². The third kappa shape index (κ3) is 5.01. The van der Waals surface area contributed by atoms with Gasteiger partial charge in [0.15, 0.2) is 0 Å². The van der Waals surface area contributed by atoms with Crippen LogP contribution in [0.1, 0.15) is 26.2 Å². The molecule has 1 fully saturated rings. The summed E-state index contributed by atoms with van der Waals surface area (Å²) < 4.78 is 0. The van der Waals surface area contributed by atoms with Crippen LogP contribution < -0.4 is 10.2 Å². The van der Waals surface area contributed by atoms with E-state index < -0.39 is 4.92 Å². The summed E-state index contributed by atoms with van der Waals surface area (Å²) in [5.41, 5.74) is 1.95. The molecule has 7 heteroatoms. The lowest BCUT2D eigenvalue weighted by molar-refractivity contribution is -0.384. The van der Waals surface area contributed by atoms with Crippen molar-refractivity contribution < 1.29 is 9.72 Å². The van der Waals surface area contributed by atoms with Crippen molar-refractivity contribution in [1.82, 2.24) is 0 Å². The molecular weight excluding hydrogens is 362 g/mol. The number of benzene rings is 2. The highest BCUT2D eigenvalue weighted by Crippen LogP contribution is 2.30. The number of carbonyl (C=O) groups excluding carboxylic acids is 1. The largest absolute Gasteiger partial charge is 0.370 e. The number of non-ortho nitro benzene ring substituents is 1. The molecule has 1 aliphatic rings. The maximum Gasteiger partial charge on any atom is 0.269 e. The third-order valence-electron chi connectivity index (χ3n) is 4.59. The van der Waals surface area contributed by atoms with Crippen LogP contribution >= 0.6 is 11.8 Å². The number of carbonyl (C=O) groups is 1. The number of thioether (sulfide) groups is 1. The fourth-order valence-electron chi connectivity index (χ4n) is 3.13. The molecule has 0 bridgehead atoms. The minimum absolute atomic E-state index is 0.0481. The van der Waals surface area contributed by atoms with Gasteiger partial charge >= 0.3 is 0 Å². The van der Waals surface area contributed by atoms with Gasteiger partial charge in [-0.2, -0.15) is 0 Å². The van der Waals surface area contributed by atoms with Crippen LogP contribution in [0.5, 0.6) is 0 Å². The number of nitrogens with zero attached hydrogens (tertiary/aromatic N) is 2. The van der Waals surface area contributed by atoms with E-state index in [9.17, 15) is 14.9 Å². The highest BCUT2D eigenvalue weighted by atomic mass is 32.2. The Morgan fingerprint density at radius 3 is 2.44 bits per heavy atom. The number of rotatable bonds is 6. The molecule has 2 aromatic carbocycles. The van der Waals surface area contributed by atoms with Gasteiger partial charge < -0.3 is 10.2 Å². The highest BCUT2D eigenvalue weighted by Gasteiger charge is 2.19. The van der Waals surface area contributed by atoms with Crippen molar-refractivity contribution in [1.29, 1.82) is 0 Å². The molecule has 1 N–H and O–H groups in total. The van der Waals surface area contributed by atoms with Crippen molar-refractivity contribution in [3.63, 3.8) is 0 Å². The number of nitrogens with one attached hydrogen (secondary N) is 1. The molecule has 1 atom stereocenters. The summed E-state index contributed by atoms with van der Waals surface area (Å²) in [5.74, 6) is -0.0807. The Morgan fingerprint density at radius 1 is 1.11 bits per heavy atom. The first-order chi connectivity index (χ1) is 13.0. The zero-order valence-electron chi connectivity index (χ0n) is 15.3. The van der Waals surface area contributed by atoms with Crippen LogP contribution in [-0.4, -0.2) is 29.2 Å². The van der Waals surface area contributed by atoms with E-state index in [0.717, 1.165) is 29.4 Å². The number of hydrogen-bond donors (Lipinski definition) is 1. The lowest BCUT2D eigenvalue weighted by atomic mass is 10.1. The first kappa shape index (κ1) is 19.2. The summed E-state index contributed by atoms with van der Waals surface area (Å²) in [6, 6.07) is 14.2. The molecule has 0 radical (unpaired) electrons. The quantitative estimate of drug-likeness (QED) is 0.443. The van der Waals surface area contributed by atoms with E-state index in [0.29, 0.717) is 0 Å². The van der Waals surface area contributed by atoms with Gasteiger partial charge in [0, 0.05) is 30.1 Å². The molecule has 0 spiro atoms. The Hall–Kier alpha value is -2.54. The summed E-state index contributed by atoms with van der Waals surface area (Å²) in [7, 11) is 0. The van der Waals surface area contributed by atoms with Gasteiger partial charge in [-0.1, -0.05) is 12.1 Å². The maximum absolute atomic E-state index is 12.7. The van der Waals surface area contributed by atoms with Gasteiger partial charge in [-0.05, 0) is 50.5 Å². The average Bonchev–Trinajstić information content (AvgIpc) is 2.69. The molecule has 0 saturated carbocycles. The Balaban J connectivity index is 1.65. The van der Waals surface area contributed by atoms with Gasteiger partial charge in [-0.3, -0.25) is 14.9 Å². The molecule has 2 aromatic rings. The van der Waals surface area contributed by atoms with Crippen molar-refractivity contribution in [2.45, 2.75) is 36.3 Å². The minimum Gasteiger partial charge on any atom is -0.370 e. The molecule has 1 unspecified atom stereocenters. The van der Waals surface area contributed by atoms with Gasteiger partial charge in [0.2, 0.25) is 5.91 Å². The summed E-state index contributed by atoms with van der Waals surface area (Å²) in [6.07, 6.45) is 3.61. The second-order valence-electron chi connectivity index (χ2n) is 6.57. The van der Waals surface area contributed by atoms with Gasteiger partial charge in [0.1, 0.15) is 0 Å². The standard InChI is InChI=1S/C20H23N3O3S/c1-15(27-17-11-9-16(10-12-17)23(25)26)20(24)21-18-7-3-4-8-19(18)22-13-5-2-6-14-22/h3-4,7-12,15H,2,5-6,13-14H2,1H3,(H,21,24). The number of nitro groups is 1. The summed E-state index contributed by atoms with van der Waals surface area (Å²) >= 11 is 1.38. The fourth-order valence-corrected chi connectivity index (χ4v) is 4.00. The van der Waals surface area contributed by atoms with Crippen LogP contribution in [0.2, 0.25) is 0 Å². The molecule has 142 valence electrons. The van der Waals surface area contributed by atoms with Crippen LogP contribution in [-0.2, 0) is 4.79 Å². The van der Waals surface area contributed by atoms with E-state index in [1.807, 2.05) is 25.1 Å². The van der Waals surface area contributed by atoms with Gasteiger partial charge in [0.25, 0.3) is 5.69 Å². The van der Waals surface area contributed by atoms with Crippen molar-refractivity contribution >= 4 is 34.7 Å². The Bertz CT molecular complexity index is 804. The molecular formula is C20H23N3O3S. The monoisotopic (exact) mass is 385 g/mol. The summed E-state index contributed by atoms with van der Waals surface area (Å²) in [5, 5.41) is 13.5. The van der Waals surface area contributed by atoms with Crippen LogP contribution in [0.25, 0.3) is 0 Å². The SMILES string of the molecule is CC(Sc1ccc([N+](=O)[O-])cc1)C(=O)Nc1ccccc1N1CCCCC1. The fraction of sp³-hybridized carbons (Fsp3) is 0.350. The number of amides is 1. The van der Waals surface area contributed by atoms with Crippen molar-refractivity contribution in [2.24, 2.45) is 0 Å². The number of piperidine rings is 1. The lowest BCUT2D eigenvalue weighted by Gasteiger charge is -2.30. The Labute approximate surface area is 163 Å². The summed E-state index contributed by atoms with van der Waals surface area (Å²) in [4.78, 5) is 26.1. The average molecular weight is 385 g/mol. The zero-order chi connectivity index (χ0) is 19.2. The molecule has 6 nitrogen and oxygen atoms in total. The molecule has 1 amide bonds. The van der Waals surface area contributed by atoms with E-state index in [4.69, 9.17) is 0 Å². The lowest BCUT2D eigenvalue weighted by Crippen LogP contribution is -2.31. The second-order valence-corrected chi connectivity index (χ2v) is 7.98. The van der Waals surface area contributed by atoms with Crippen LogP contribution in [0.15, 0.2) is 53.4 Å². The van der Waals surface area contributed by atoms with Crippen molar-refractivity contribution in [3.8, 4) is 0 Å². The zero-order valence-corrected chi connectivity index (χ0v) is 16.1. The molecule has 1 heterocycles. The molecule has 0 aliphatic carbocycles. The van der Waals surface area contributed by atoms with Crippen LogP contribution in [0.4, 0.5) is 17.1 Å². The first-order valence-electron chi connectivity index (χ1n) is 9.10. The van der Waals surface area contributed by atoms with E-state index in [1.165, 1.54) is 43.2 Å². The topological polar surface area (TPSA) is 75.5 Å². The predicted molar refractivity (Wildman–Crippen MR) is 110 cm³/mol. The van der Waals surface area contributed by atoms with Gasteiger partial charge in [-0.25, -0.2) is 0 Å². The van der Waals surface area contributed by atoms with Crippen LogP contribution in [0.3, 0.4) is 0 Å². The maximum atomic E-state index is 12.7. The normalized spacial score (nSPS) is 15.2. The molecule has 27 heavy (non-hydrogen) atoms. The smallest absolute Gasteiger partial charge is 0.269 e. The second kappa shape index (κ2) is 8.90. The predicted octanol–water partition coefficient (Wildman–Crippen LogP) is 4.70. The molecule has 1 saturated heterocycles. The Morgan fingerprint density at radius 2 is 1.78 bits per heavy atom. The molecule has 3 rings (SSSR count). The number of hydrogen-bond acceptors (Lipinski definition) is 5. The van der Waals surface area contributed by atoms with Crippen LogP contribution in [0, 0.1) is 10.1 Å².